The molecule has 3 N–H and O–H groups in total. The first-order valence-corrected chi connectivity index (χ1v) is 45.7. The van der Waals surface area contributed by atoms with E-state index in [1.807, 2.05) is 0 Å². The van der Waals surface area contributed by atoms with Gasteiger partial charge in [0.1, 0.15) is 19.3 Å². The molecule has 0 saturated carbocycles. The van der Waals surface area contributed by atoms with Gasteiger partial charge in [0, 0.05) is 25.7 Å². The summed E-state index contributed by atoms with van der Waals surface area (Å²) in [6.45, 7) is 7.39. The van der Waals surface area contributed by atoms with Crippen molar-refractivity contribution in [1.82, 2.24) is 0 Å². The standard InChI is InChI=1S/C82H160O17P2/c1-6-10-13-16-19-22-25-27-28-29-30-31-32-38-43-48-53-58-63-68-82(87)99-78(72-93-80(85)66-61-56-51-46-41-37-34-33-36-40-44-49-54-59-64-75(5)9-4)74-97-101(90,91)95-70-76(83)69-94-100(88,89)96-73-77(71-92-79(84)65-60-55-50-45-39-24-21-18-15-12-8-3)98-81(86)67-62-57-52-47-42-35-26-23-20-17-14-11-7-2/h75-78,83H,6-74H2,1-5H3,(H,88,89)(H,90,91)/t75?,76-,77+,78+/m0/s1. The Morgan fingerprint density at radius 1 is 0.277 bits per heavy atom. The summed E-state index contributed by atoms with van der Waals surface area (Å²) in [6.07, 6.45) is 66.4. The van der Waals surface area contributed by atoms with E-state index in [1.165, 1.54) is 263 Å². The van der Waals surface area contributed by atoms with Gasteiger partial charge in [0.2, 0.25) is 0 Å². The number of aliphatic hydroxyl groups excluding tert-OH is 1. The highest BCUT2D eigenvalue weighted by molar-refractivity contribution is 7.47. The number of aliphatic hydroxyl groups is 1. The second kappa shape index (κ2) is 74.9. The molecule has 0 bridgehead atoms. The minimum Gasteiger partial charge on any atom is -0.462 e. The van der Waals surface area contributed by atoms with E-state index in [1.54, 1.807) is 0 Å². The fraction of sp³-hybridized carbons (Fsp3) is 0.951. The van der Waals surface area contributed by atoms with Crippen LogP contribution >= 0.6 is 15.6 Å². The van der Waals surface area contributed by atoms with E-state index in [-0.39, 0.29) is 25.7 Å². The van der Waals surface area contributed by atoms with Gasteiger partial charge in [-0.2, -0.15) is 0 Å². The molecule has 0 saturated heterocycles. The summed E-state index contributed by atoms with van der Waals surface area (Å²) in [5, 5.41) is 10.6. The van der Waals surface area contributed by atoms with Crippen LogP contribution in [-0.4, -0.2) is 96.7 Å². The van der Waals surface area contributed by atoms with Gasteiger partial charge in [-0.05, 0) is 31.6 Å². The van der Waals surface area contributed by atoms with Gasteiger partial charge in [-0.25, -0.2) is 9.13 Å². The molecule has 0 spiro atoms. The van der Waals surface area contributed by atoms with Gasteiger partial charge >= 0.3 is 39.5 Å². The van der Waals surface area contributed by atoms with Crippen molar-refractivity contribution in [3.63, 3.8) is 0 Å². The molecule has 0 fully saturated rings. The highest BCUT2D eigenvalue weighted by atomic mass is 31.2. The lowest BCUT2D eigenvalue weighted by molar-refractivity contribution is -0.161. The number of phosphoric acid groups is 2. The van der Waals surface area contributed by atoms with E-state index >= 15 is 0 Å². The molecule has 101 heavy (non-hydrogen) atoms. The minimum absolute atomic E-state index is 0.108. The third-order valence-corrected chi connectivity index (χ3v) is 21.5. The molecule has 0 aromatic heterocycles. The fourth-order valence-corrected chi connectivity index (χ4v) is 14.3. The van der Waals surface area contributed by atoms with Gasteiger partial charge in [0.05, 0.1) is 26.4 Å². The van der Waals surface area contributed by atoms with E-state index < -0.39 is 97.5 Å². The zero-order chi connectivity index (χ0) is 74.1. The van der Waals surface area contributed by atoms with Crippen LogP contribution in [0, 0.1) is 5.92 Å². The quantitative estimate of drug-likeness (QED) is 0.0222. The average molecular weight is 1480 g/mol. The molecule has 0 aliphatic carbocycles. The molecule has 0 rings (SSSR count). The van der Waals surface area contributed by atoms with Crippen LogP contribution in [-0.2, 0) is 65.4 Å². The highest BCUT2D eigenvalue weighted by Crippen LogP contribution is 2.45. The summed E-state index contributed by atoms with van der Waals surface area (Å²) < 4.78 is 68.8. The van der Waals surface area contributed by atoms with Gasteiger partial charge in [0.15, 0.2) is 12.2 Å². The lowest BCUT2D eigenvalue weighted by Gasteiger charge is -2.21. The first-order chi connectivity index (χ1) is 49.1. The Kier molecular flexibility index (Phi) is 73.5. The molecule has 3 unspecified atom stereocenters. The Labute approximate surface area is 619 Å². The van der Waals surface area contributed by atoms with Crippen LogP contribution in [0.3, 0.4) is 0 Å². The predicted molar refractivity (Wildman–Crippen MR) is 414 cm³/mol. The molecule has 19 heteroatoms. The highest BCUT2D eigenvalue weighted by Gasteiger charge is 2.30. The van der Waals surface area contributed by atoms with Gasteiger partial charge in [-0.1, -0.05) is 388 Å². The lowest BCUT2D eigenvalue weighted by atomic mass is 9.99. The third-order valence-electron chi connectivity index (χ3n) is 19.6. The molecule has 6 atom stereocenters. The molecule has 0 amide bonds. The van der Waals surface area contributed by atoms with E-state index in [0.717, 1.165) is 95.8 Å². The number of hydrogen-bond acceptors (Lipinski definition) is 15. The third kappa shape index (κ3) is 74.7. The minimum atomic E-state index is -4.96. The number of carbonyl (C=O) groups excluding carboxylic acids is 4. The largest absolute Gasteiger partial charge is 0.472 e. The smallest absolute Gasteiger partial charge is 0.462 e. The zero-order valence-corrected chi connectivity index (χ0v) is 67.8. The number of unbranched alkanes of at least 4 members (excludes halogenated alkanes) is 53. The normalized spacial score (nSPS) is 14.1. The Hall–Kier alpha value is -1.94. The summed E-state index contributed by atoms with van der Waals surface area (Å²) >= 11 is 0. The van der Waals surface area contributed by atoms with Crippen molar-refractivity contribution in [2.24, 2.45) is 5.92 Å². The van der Waals surface area contributed by atoms with E-state index in [0.29, 0.717) is 25.7 Å². The molecule has 0 aliphatic heterocycles. The first-order valence-electron chi connectivity index (χ1n) is 42.7. The fourth-order valence-electron chi connectivity index (χ4n) is 12.7. The van der Waals surface area contributed by atoms with Crippen LogP contribution in [0.5, 0.6) is 0 Å². The number of esters is 4. The molecule has 0 radical (unpaired) electrons. The van der Waals surface area contributed by atoms with Crippen LogP contribution in [0.25, 0.3) is 0 Å². The lowest BCUT2D eigenvalue weighted by Crippen LogP contribution is -2.30. The second-order valence-corrected chi connectivity index (χ2v) is 32.7. The summed E-state index contributed by atoms with van der Waals surface area (Å²) in [7, 11) is -9.92. The van der Waals surface area contributed by atoms with Crippen molar-refractivity contribution in [1.29, 1.82) is 0 Å². The molecule has 0 heterocycles. The summed E-state index contributed by atoms with van der Waals surface area (Å²) in [5.41, 5.74) is 0. The monoisotopic (exact) mass is 1480 g/mol. The van der Waals surface area contributed by atoms with Crippen LogP contribution in [0.2, 0.25) is 0 Å². The average Bonchev–Trinajstić information content (AvgIpc) is 0.971. The van der Waals surface area contributed by atoms with Crippen molar-refractivity contribution >= 4 is 39.5 Å². The molecular formula is C82H160O17P2. The predicted octanol–water partition coefficient (Wildman–Crippen LogP) is 24.8. The van der Waals surface area contributed by atoms with Crippen molar-refractivity contribution in [3.05, 3.63) is 0 Å². The summed E-state index contributed by atoms with van der Waals surface area (Å²) in [6, 6.07) is 0. The first kappa shape index (κ1) is 99.1. The van der Waals surface area contributed by atoms with E-state index in [9.17, 15) is 43.2 Å². The number of ether oxygens (including phenoxy) is 4. The van der Waals surface area contributed by atoms with Gasteiger partial charge in [0.25, 0.3) is 0 Å². The molecule has 0 aliphatic rings. The maximum Gasteiger partial charge on any atom is 0.472 e. The maximum absolute atomic E-state index is 13.1. The molecule has 600 valence electrons. The van der Waals surface area contributed by atoms with Crippen LogP contribution in [0.15, 0.2) is 0 Å². The Morgan fingerprint density at radius 2 is 0.475 bits per heavy atom. The van der Waals surface area contributed by atoms with E-state index in [4.69, 9.17) is 37.0 Å². The van der Waals surface area contributed by atoms with Crippen LogP contribution in [0.4, 0.5) is 0 Å². The molecule has 17 nitrogen and oxygen atoms in total. The van der Waals surface area contributed by atoms with Crippen molar-refractivity contribution in [2.75, 3.05) is 39.6 Å². The van der Waals surface area contributed by atoms with Crippen molar-refractivity contribution in [3.8, 4) is 0 Å². The van der Waals surface area contributed by atoms with Gasteiger partial charge in [-0.3, -0.25) is 37.3 Å². The maximum atomic E-state index is 13.1. The van der Waals surface area contributed by atoms with E-state index in [2.05, 4.69) is 34.6 Å². The molecule has 0 aromatic carbocycles. The zero-order valence-electron chi connectivity index (χ0n) is 66.1. The SMILES string of the molecule is CCCCCCCCCCCCCCCCCCCCCC(=O)O[C@H](COC(=O)CCCCCCCCCCCCCCCCC(C)CC)COP(=O)(O)OC[C@@H](O)COP(=O)(O)OC[C@@H](COC(=O)CCCCCCCCCCCCC)OC(=O)CCCCCCCCCCCCCCC. The Balaban J connectivity index is 5.24. The topological polar surface area (TPSA) is 237 Å². The van der Waals surface area contributed by atoms with Gasteiger partial charge in [-0.15, -0.1) is 0 Å². The summed E-state index contributed by atoms with van der Waals surface area (Å²) in [5.74, 6) is -1.25. The number of hydrogen-bond donors (Lipinski definition) is 3. The van der Waals surface area contributed by atoms with Crippen LogP contribution in [0.1, 0.15) is 439 Å². The number of rotatable bonds is 82. The van der Waals surface area contributed by atoms with Crippen molar-refractivity contribution < 1.29 is 80.2 Å². The number of carbonyl (C=O) groups is 4. The molecular weight excluding hydrogens is 1320 g/mol. The van der Waals surface area contributed by atoms with Gasteiger partial charge < -0.3 is 33.8 Å². The second-order valence-electron chi connectivity index (χ2n) is 29.8. The number of phosphoric ester groups is 2. The van der Waals surface area contributed by atoms with Crippen LogP contribution < -0.4 is 0 Å². The Morgan fingerprint density at radius 3 is 0.703 bits per heavy atom. The van der Waals surface area contributed by atoms with Crippen molar-refractivity contribution in [2.45, 2.75) is 457 Å². The summed E-state index contributed by atoms with van der Waals surface area (Å²) in [4.78, 5) is 73.1. The Bertz CT molecular complexity index is 1930. The molecule has 0 aromatic rings.